The minimum Gasteiger partial charge on any atom is -0.383 e. The second-order valence-electron chi connectivity index (χ2n) is 4.60. The lowest BCUT2D eigenvalue weighted by Crippen LogP contribution is -2.33. The summed E-state index contributed by atoms with van der Waals surface area (Å²) in [4.78, 5) is 4.19. The summed E-state index contributed by atoms with van der Waals surface area (Å²) in [7, 11) is 0. The third kappa shape index (κ3) is 2.35. The van der Waals surface area contributed by atoms with Crippen molar-refractivity contribution in [2.24, 2.45) is 5.92 Å². The minimum absolute atomic E-state index is 0.405. The van der Waals surface area contributed by atoms with Crippen LogP contribution in [0.2, 0.25) is 0 Å². The molecule has 0 aliphatic heterocycles. The molecule has 1 fully saturated rings. The van der Waals surface area contributed by atoms with E-state index in [9.17, 15) is 0 Å². The summed E-state index contributed by atoms with van der Waals surface area (Å²) in [5.41, 5.74) is 7.14. The van der Waals surface area contributed by atoms with E-state index in [4.69, 9.17) is 5.73 Å². The highest BCUT2D eigenvalue weighted by atomic mass is 14.9. The van der Waals surface area contributed by atoms with E-state index in [1.54, 1.807) is 6.20 Å². The Labute approximate surface area is 97.5 Å². The fourth-order valence-corrected chi connectivity index (χ4v) is 2.30. The van der Waals surface area contributed by atoms with E-state index in [1.807, 2.05) is 6.07 Å². The molecule has 16 heavy (non-hydrogen) atoms. The molecule has 1 saturated carbocycles. The third-order valence-electron chi connectivity index (χ3n) is 3.44. The Balaban J connectivity index is 2.13. The Morgan fingerprint density at radius 2 is 2.38 bits per heavy atom. The van der Waals surface area contributed by atoms with Gasteiger partial charge in [-0.3, -0.25) is 0 Å². The van der Waals surface area contributed by atoms with Gasteiger partial charge in [0, 0.05) is 17.8 Å². The van der Waals surface area contributed by atoms with Crippen molar-refractivity contribution in [2.45, 2.75) is 38.6 Å². The van der Waals surface area contributed by atoms with Crippen LogP contribution >= 0.6 is 0 Å². The second-order valence-corrected chi connectivity index (χ2v) is 4.60. The maximum absolute atomic E-state index is 5.96. The number of hydrogen-bond donors (Lipinski definition) is 2. The topological polar surface area (TPSA) is 50.9 Å². The zero-order chi connectivity index (χ0) is 11.4. The Morgan fingerprint density at radius 3 is 2.94 bits per heavy atom. The molecule has 1 aliphatic rings. The molecule has 88 valence electrons. The molecular formula is C13H21N3. The molecule has 0 spiro atoms. The molecule has 0 radical (unpaired) electrons. The van der Waals surface area contributed by atoms with Crippen molar-refractivity contribution < 1.29 is 0 Å². The predicted octanol–water partition coefficient (Wildman–Crippen LogP) is 2.50. The molecule has 3 nitrogen and oxygen atoms in total. The van der Waals surface area contributed by atoms with E-state index in [2.05, 4.69) is 23.3 Å². The summed E-state index contributed by atoms with van der Waals surface area (Å²) in [5.74, 6) is 1.43. The summed E-state index contributed by atoms with van der Waals surface area (Å²) < 4.78 is 0. The van der Waals surface area contributed by atoms with Gasteiger partial charge in [-0.2, -0.15) is 0 Å². The zero-order valence-electron chi connectivity index (χ0n) is 9.95. The number of nitrogens with one attached hydrogen (secondary N) is 1. The Bertz CT molecular complexity index is 334. The summed E-state index contributed by atoms with van der Waals surface area (Å²) >= 11 is 0. The minimum atomic E-state index is 0.405. The van der Waals surface area contributed by atoms with Crippen molar-refractivity contribution in [3.8, 4) is 0 Å². The van der Waals surface area contributed by atoms with Gasteiger partial charge in [-0.1, -0.05) is 19.4 Å². The Kier molecular flexibility index (Phi) is 3.78. The fourth-order valence-electron chi connectivity index (χ4n) is 2.30. The first-order chi connectivity index (χ1) is 7.83. The third-order valence-corrected chi connectivity index (χ3v) is 3.44. The maximum atomic E-state index is 5.96. The second kappa shape index (κ2) is 5.30. The predicted molar refractivity (Wildman–Crippen MR) is 67.0 cm³/mol. The highest BCUT2D eigenvalue weighted by Gasteiger charge is 2.29. The van der Waals surface area contributed by atoms with E-state index in [0.29, 0.717) is 11.9 Å². The van der Waals surface area contributed by atoms with Crippen LogP contribution in [0.15, 0.2) is 18.3 Å². The molecule has 1 atom stereocenters. The summed E-state index contributed by atoms with van der Waals surface area (Å²) in [6.45, 7) is 3.24. The number of rotatable bonds is 5. The van der Waals surface area contributed by atoms with Gasteiger partial charge in [0.2, 0.25) is 0 Å². The van der Waals surface area contributed by atoms with Gasteiger partial charge >= 0.3 is 0 Å². The van der Waals surface area contributed by atoms with E-state index in [0.717, 1.165) is 18.9 Å². The van der Waals surface area contributed by atoms with Crippen molar-refractivity contribution in [1.82, 2.24) is 10.3 Å². The molecule has 1 heterocycles. The normalized spacial score (nSPS) is 18.1. The number of nitrogen functional groups attached to an aromatic ring is 1. The van der Waals surface area contributed by atoms with Crippen LogP contribution in [0, 0.1) is 5.92 Å². The van der Waals surface area contributed by atoms with Crippen LogP contribution in [0.25, 0.3) is 0 Å². The van der Waals surface area contributed by atoms with E-state index in [-0.39, 0.29) is 0 Å². The molecule has 2 rings (SSSR count). The van der Waals surface area contributed by atoms with E-state index in [1.165, 1.54) is 24.8 Å². The van der Waals surface area contributed by atoms with Crippen molar-refractivity contribution in [3.05, 3.63) is 23.9 Å². The lowest BCUT2D eigenvalue weighted by Gasteiger charge is -2.35. The first-order valence-electron chi connectivity index (χ1n) is 6.26. The molecule has 0 bridgehead atoms. The summed E-state index contributed by atoms with van der Waals surface area (Å²) in [5, 5.41) is 3.61. The number of anilines is 1. The van der Waals surface area contributed by atoms with Crippen LogP contribution in [-0.4, -0.2) is 11.5 Å². The average Bonchev–Trinajstić information content (AvgIpc) is 2.22. The van der Waals surface area contributed by atoms with Gasteiger partial charge in [0.05, 0.1) is 0 Å². The van der Waals surface area contributed by atoms with Crippen LogP contribution in [0.5, 0.6) is 0 Å². The molecule has 1 unspecified atom stereocenters. The van der Waals surface area contributed by atoms with Crippen molar-refractivity contribution in [1.29, 1.82) is 0 Å². The molecule has 1 aromatic heterocycles. The molecule has 3 N–H and O–H groups in total. The number of aromatic nitrogens is 1. The number of hydrogen-bond acceptors (Lipinski definition) is 3. The number of nitrogens with two attached hydrogens (primary N) is 1. The molecule has 3 heteroatoms. The maximum Gasteiger partial charge on any atom is 0.128 e. The summed E-state index contributed by atoms with van der Waals surface area (Å²) in [6, 6.07) is 4.49. The van der Waals surface area contributed by atoms with Crippen LogP contribution in [0.3, 0.4) is 0 Å². The van der Waals surface area contributed by atoms with Crippen LogP contribution < -0.4 is 11.1 Å². The van der Waals surface area contributed by atoms with Gasteiger partial charge < -0.3 is 11.1 Å². The molecule has 0 amide bonds. The van der Waals surface area contributed by atoms with E-state index < -0.39 is 0 Å². The summed E-state index contributed by atoms with van der Waals surface area (Å²) in [6.07, 6.45) is 6.90. The van der Waals surface area contributed by atoms with Gasteiger partial charge in [0.15, 0.2) is 0 Å². The van der Waals surface area contributed by atoms with Gasteiger partial charge in [-0.05, 0) is 37.8 Å². The van der Waals surface area contributed by atoms with E-state index >= 15 is 0 Å². The quantitative estimate of drug-likeness (QED) is 0.800. The average molecular weight is 219 g/mol. The first-order valence-corrected chi connectivity index (χ1v) is 6.26. The van der Waals surface area contributed by atoms with Crippen molar-refractivity contribution in [3.63, 3.8) is 0 Å². The molecule has 1 aromatic rings. The monoisotopic (exact) mass is 219 g/mol. The largest absolute Gasteiger partial charge is 0.383 e. The van der Waals surface area contributed by atoms with Crippen molar-refractivity contribution >= 4 is 5.82 Å². The number of nitrogens with zero attached hydrogens (tertiary/aromatic N) is 1. The Hall–Kier alpha value is -1.09. The molecular weight excluding hydrogens is 198 g/mol. The fraction of sp³-hybridized carbons (Fsp3) is 0.615. The molecule has 0 aromatic carbocycles. The van der Waals surface area contributed by atoms with Gasteiger partial charge in [0.1, 0.15) is 5.82 Å². The SMILES string of the molecule is CCCNC(c1cccnc1N)C1CCC1. The lowest BCUT2D eigenvalue weighted by molar-refractivity contribution is 0.231. The standard InChI is InChI=1S/C13H21N3/c1-2-8-15-12(10-5-3-6-10)11-7-4-9-16-13(11)14/h4,7,9-10,12,15H,2-3,5-6,8H2,1H3,(H2,14,16). The van der Waals surface area contributed by atoms with Crippen molar-refractivity contribution in [2.75, 3.05) is 12.3 Å². The van der Waals surface area contributed by atoms with Gasteiger partial charge in [-0.15, -0.1) is 0 Å². The highest BCUT2D eigenvalue weighted by molar-refractivity contribution is 5.41. The highest BCUT2D eigenvalue weighted by Crippen LogP contribution is 2.38. The molecule has 1 aliphatic carbocycles. The van der Waals surface area contributed by atoms with Crippen LogP contribution in [0.1, 0.15) is 44.2 Å². The smallest absolute Gasteiger partial charge is 0.128 e. The Morgan fingerprint density at radius 1 is 1.56 bits per heavy atom. The van der Waals surface area contributed by atoms with Gasteiger partial charge in [-0.25, -0.2) is 4.98 Å². The number of pyridine rings is 1. The first kappa shape index (κ1) is 11.4. The van der Waals surface area contributed by atoms with Crippen LogP contribution in [0.4, 0.5) is 5.82 Å². The molecule has 0 saturated heterocycles. The van der Waals surface area contributed by atoms with Crippen LogP contribution in [-0.2, 0) is 0 Å². The zero-order valence-corrected chi connectivity index (χ0v) is 9.95. The lowest BCUT2D eigenvalue weighted by atomic mass is 9.77. The van der Waals surface area contributed by atoms with Gasteiger partial charge in [0.25, 0.3) is 0 Å².